The van der Waals surface area contributed by atoms with Gasteiger partial charge in [0.25, 0.3) is 11.8 Å². The van der Waals surface area contributed by atoms with Crippen LogP contribution in [0.25, 0.3) is 0 Å². The Hall–Kier alpha value is -2.33. The quantitative estimate of drug-likeness (QED) is 0.467. The minimum absolute atomic E-state index is 0. The molecular weight excluding hydrogens is 491 g/mol. The predicted octanol–water partition coefficient (Wildman–Crippen LogP) is 3.09. The van der Waals surface area contributed by atoms with Crippen molar-refractivity contribution in [2.24, 2.45) is 11.7 Å². The lowest BCUT2D eigenvalue weighted by atomic mass is 10.0. The first-order valence-corrected chi connectivity index (χ1v) is 11.1. The van der Waals surface area contributed by atoms with E-state index in [4.69, 9.17) is 28.9 Å². The van der Waals surface area contributed by atoms with Gasteiger partial charge in [0.05, 0.1) is 33.5 Å². The molecule has 0 bridgehead atoms. The molecule has 1 saturated heterocycles. The monoisotopic (exact) mass is 516 g/mol. The molecule has 33 heavy (non-hydrogen) atoms. The number of rotatable bonds is 6. The summed E-state index contributed by atoms with van der Waals surface area (Å²) in [6, 6.07) is 4.09. The van der Waals surface area contributed by atoms with Crippen molar-refractivity contribution >= 4 is 59.0 Å². The van der Waals surface area contributed by atoms with E-state index in [0.717, 1.165) is 0 Å². The van der Waals surface area contributed by atoms with Gasteiger partial charge >= 0.3 is 0 Å². The van der Waals surface area contributed by atoms with Crippen LogP contribution in [-0.4, -0.2) is 58.0 Å². The van der Waals surface area contributed by atoms with Gasteiger partial charge in [-0.1, -0.05) is 43.1 Å². The highest BCUT2D eigenvalue weighted by atomic mass is 35.5. The molecule has 12 heteroatoms. The van der Waals surface area contributed by atoms with Crippen LogP contribution in [0.15, 0.2) is 24.4 Å². The smallest absolute Gasteiger partial charge is 0.271 e. The number of hydrogen-bond donors (Lipinski definition) is 4. The number of amides is 3. The summed E-state index contributed by atoms with van der Waals surface area (Å²) < 4.78 is 0. The van der Waals surface area contributed by atoms with E-state index in [1.165, 1.54) is 6.20 Å². The number of carbonyl (C=O) groups is 3. The van der Waals surface area contributed by atoms with Crippen LogP contribution < -0.4 is 16.4 Å². The second-order valence-electron chi connectivity index (χ2n) is 8.05. The molecule has 0 spiro atoms. The zero-order valence-corrected chi connectivity index (χ0v) is 20.6. The Morgan fingerprint density at radius 1 is 1.15 bits per heavy atom. The topological polar surface area (TPSA) is 133 Å². The summed E-state index contributed by atoms with van der Waals surface area (Å²) in [5.74, 6) is -0.966. The first-order chi connectivity index (χ1) is 15.2. The molecule has 2 heterocycles. The van der Waals surface area contributed by atoms with Crippen molar-refractivity contribution in [2.45, 2.75) is 38.8 Å². The molecule has 180 valence electrons. The zero-order valence-electron chi connectivity index (χ0n) is 18.2. The van der Waals surface area contributed by atoms with E-state index in [-0.39, 0.29) is 57.3 Å². The largest absolute Gasteiger partial charge is 0.348 e. The second-order valence-corrected chi connectivity index (χ2v) is 8.87. The highest BCUT2D eigenvalue weighted by Crippen LogP contribution is 2.26. The van der Waals surface area contributed by atoms with Crippen molar-refractivity contribution in [1.82, 2.24) is 20.4 Å². The van der Waals surface area contributed by atoms with E-state index in [1.807, 2.05) is 13.8 Å². The first-order valence-electron chi connectivity index (χ1n) is 10.3. The molecular formula is C21H27Cl3N6O3. The molecule has 1 aliphatic heterocycles. The van der Waals surface area contributed by atoms with Crippen LogP contribution in [0.1, 0.15) is 47.5 Å². The third-order valence-corrected chi connectivity index (χ3v) is 6.08. The number of nitrogens with one attached hydrogen (secondary N) is 3. The minimum atomic E-state index is -0.552. The Kier molecular flexibility index (Phi) is 9.54. The average molecular weight is 518 g/mol. The minimum Gasteiger partial charge on any atom is -0.348 e. The Balaban J connectivity index is 0.00000385. The van der Waals surface area contributed by atoms with Gasteiger partial charge in [0.15, 0.2) is 0 Å². The normalized spacial score (nSPS) is 15.0. The first kappa shape index (κ1) is 26.9. The van der Waals surface area contributed by atoms with E-state index >= 15 is 0 Å². The third kappa shape index (κ3) is 6.38. The number of halogens is 3. The molecule has 5 N–H and O–H groups in total. The van der Waals surface area contributed by atoms with Gasteiger partial charge in [-0.2, -0.15) is 5.10 Å². The summed E-state index contributed by atoms with van der Waals surface area (Å²) in [6.07, 6.45) is 2.55. The molecule has 0 radical (unpaired) electrons. The number of nitrogens with zero attached hydrogens (tertiary/aromatic N) is 2. The maximum atomic E-state index is 12.8. The maximum Gasteiger partial charge on any atom is 0.271 e. The number of anilines is 1. The van der Waals surface area contributed by atoms with Crippen molar-refractivity contribution in [3.8, 4) is 0 Å². The molecule has 9 nitrogen and oxygen atoms in total. The molecule has 1 aromatic carbocycles. The number of aromatic nitrogens is 2. The van der Waals surface area contributed by atoms with Crippen LogP contribution in [-0.2, 0) is 4.79 Å². The lowest BCUT2D eigenvalue weighted by molar-refractivity contribution is -0.134. The molecule has 3 rings (SSSR count). The summed E-state index contributed by atoms with van der Waals surface area (Å²) >= 11 is 12.2. The fourth-order valence-electron chi connectivity index (χ4n) is 3.45. The van der Waals surface area contributed by atoms with Crippen molar-refractivity contribution in [3.63, 3.8) is 0 Å². The van der Waals surface area contributed by atoms with Crippen LogP contribution in [0.4, 0.5) is 5.69 Å². The number of hydrogen-bond acceptors (Lipinski definition) is 5. The van der Waals surface area contributed by atoms with E-state index in [9.17, 15) is 14.4 Å². The average Bonchev–Trinajstić information content (AvgIpc) is 3.21. The number of likely N-dealkylation sites (tertiary alicyclic amines) is 1. The molecule has 3 amide bonds. The van der Waals surface area contributed by atoms with Crippen LogP contribution >= 0.6 is 35.6 Å². The van der Waals surface area contributed by atoms with E-state index in [0.29, 0.717) is 25.9 Å². The highest BCUT2D eigenvalue weighted by Gasteiger charge is 2.29. The fourth-order valence-corrected chi connectivity index (χ4v) is 4.02. The summed E-state index contributed by atoms with van der Waals surface area (Å²) in [6.45, 7) is 4.86. The van der Waals surface area contributed by atoms with Crippen molar-refractivity contribution in [2.75, 3.05) is 18.4 Å². The van der Waals surface area contributed by atoms with Gasteiger partial charge in [-0.25, -0.2) is 0 Å². The number of piperidine rings is 1. The Morgan fingerprint density at radius 3 is 2.33 bits per heavy atom. The standard InChI is InChI=1S/C21H26Cl2N6O3.ClH/c1-11(2)17(24)21(32)29-8-6-12(7-9-29)26-20(31)18-15(10-25-28-18)27-19(30)16-13(22)4-3-5-14(16)23;/h3-5,10-12,17H,6-9,24H2,1-2H3,(H,25,28)(H,26,31)(H,27,30);1H/t17-;/m0./s1. The Morgan fingerprint density at radius 2 is 1.76 bits per heavy atom. The molecule has 1 aliphatic rings. The van der Waals surface area contributed by atoms with Crippen LogP contribution in [0.3, 0.4) is 0 Å². The van der Waals surface area contributed by atoms with Gasteiger partial charge in [-0.05, 0) is 30.9 Å². The lowest BCUT2D eigenvalue weighted by Crippen LogP contribution is -2.52. The second kappa shape index (κ2) is 11.7. The van der Waals surface area contributed by atoms with Crippen LogP contribution in [0.2, 0.25) is 10.0 Å². The Labute approximate surface area is 208 Å². The van der Waals surface area contributed by atoms with Crippen LogP contribution in [0, 0.1) is 5.92 Å². The lowest BCUT2D eigenvalue weighted by Gasteiger charge is -2.34. The number of carbonyl (C=O) groups excluding carboxylic acids is 3. The van der Waals surface area contributed by atoms with Crippen molar-refractivity contribution in [1.29, 1.82) is 0 Å². The summed E-state index contributed by atoms with van der Waals surface area (Å²) in [4.78, 5) is 39.5. The molecule has 2 aromatic rings. The van der Waals surface area contributed by atoms with Gasteiger partial charge in [0.2, 0.25) is 5.91 Å². The van der Waals surface area contributed by atoms with Gasteiger partial charge in [0.1, 0.15) is 5.69 Å². The van der Waals surface area contributed by atoms with Crippen molar-refractivity contribution < 1.29 is 14.4 Å². The fraction of sp³-hybridized carbons (Fsp3) is 0.429. The highest BCUT2D eigenvalue weighted by molar-refractivity contribution is 6.40. The Bertz CT molecular complexity index is 985. The predicted molar refractivity (Wildman–Crippen MR) is 130 cm³/mol. The van der Waals surface area contributed by atoms with E-state index < -0.39 is 17.9 Å². The summed E-state index contributed by atoms with van der Waals surface area (Å²) in [7, 11) is 0. The van der Waals surface area contributed by atoms with Crippen molar-refractivity contribution in [3.05, 3.63) is 45.7 Å². The SMILES string of the molecule is CC(C)[C@H](N)C(=O)N1CCC(NC(=O)c2[nH]ncc2NC(=O)c2c(Cl)cccc2Cl)CC1.Cl. The molecule has 0 unspecified atom stereocenters. The third-order valence-electron chi connectivity index (χ3n) is 5.45. The zero-order chi connectivity index (χ0) is 23.4. The number of aromatic amines is 1. The van der Waals surface area contributed by atoms with E-state index in [2.05, 4.69) is 20.8 Å². The van der Waals surface area contributed by atoms with Gasteiger partial charge in [0, 0.05) is 19.1 Å². The van der Waals surface area contributed by atoms with Gasteiger partial charge in [-0.3, -0.25) is 19.5 Å². The molecule has 0 saturated carbocycles. The molecule has 1 atom stereocenters. The number of H-pyrrole nitrogens is 1. The molecule has 1 fully saturated rings. The van der Waals surface area contributed by atoms with Gasteiger partial charge < -0.3 is 21.3 Å². The van der Waals surface area contributed by atoms with Gasteiger partial charge in [-0.15, -0.1) is 12.4 Å². The number of benzene rings is 1. The molecule has 0 aliphatic carbocycles. The molecule has 1 aromatic heterocycles. The van der Waals surface area contributed by atoms with E-state index in [1.54, 1.807) is 23.1 Å². The summed E-state index contributed by atoms with van der Waals surface area (Å²) in [5.41, 5.74) is 6.40. The number of nitrogens with two attached hydrogens (primary N) is 1. The summed E-state index contributed by atoms with van der Waals surface area (Å²) in [5, 5.41) is 12.4. The van der Waals surface area contributed by atoms with Crippen LogP contribution in [0.5, 0.6) is 0 Å². The maximum absolute atomic E-state index is 12.8.